The first kappa shape index (κ1) is 11.1. The van der Waals surface area contributed by atoms with Crippen LogP contribution in [-0.4, -0.2) is 11.4 Å². The van der Waals surface area contributed by atoms with Gasteiger partial charge in [-0.25, -0.2) is 0 Å². The summed E-state index contributed by atoms with van der Waals surface area (Å²) in [5.41, 5.74) is 7.37. The van der Waals surface area contributed by atoms with E-state index in [1.54, 1.807) is 0 Å². The molecule has 1 aromatic rings. The van der Waals surface area contributed by atoms with Crippen molar-refractivity contribution in [3.05, 3.63) is 29.8 Å². The van der Waals surface area contributed by atoms with E-state index >= 15 is 0 Å². The monoisotopic (exact) mass is 218 g/mol. The van der Waals surface area contributed by atoms with Crippen molar-refractivity contribution in [1.29, 1.82) is 0 Å². The van der Waals surface area contributed by atoms with Gasteiger partial charge in [-0.2, -0.15) is 0 Å². The number of carbonyl (C=O) groups excluding carboxylic acids is 1. The van der Waals surface area contributed by atoms with Crippen LogP contribution < -0.4 is 11.1 Å². The Labute approximate surface area is 96.0 Å². The molecular weight excluding hydrogens is 200 g/mol. The standard InChI is InChI=1S/C13H18N2O/c1-10-6-2-3-7-11(10)15-12(16)13(14)8-4-5-9-13/h2-3,6-7H,4-5,8-9,14H2,1H3,(H,15,16). The normalized spacial score (nSPS) is 18.4. The highest BCUT2D eigenvalue weighted by molar-refractivity contribution is 5.98. The molecule has 2 rings (SSSR count). The summed E-state index contributed by atoms with van der Waals surface area (Å²) in [4.78, 5) is 12.1. The van der Waals surface area contributed by atoms with Crippen LogP contribution in [0.4, 0.5) is 5.69 Å². The number of aryl methyl sites for hydroxylation is 1. The average molecular weight is 218 g/mol. The number of carbonyl (C=O) groups is 1. The second kappa shape index (κ2) is 4.26. The third kappa shape index (κ3) is 2.09. The fourth-order valence-corrected chi connectivity index (χ4v) is 2.19. The highest BCUT2D eigenvalue weighted by Gasteiger charge is 2.36. The van der Waals surface area contributed by atoms with Gasteiger partial charge in [-0.1, -0.05) is 31.0 Å². The smallest absolute Gasteiger partial charge is 0.244 e. The lowest BCUT2D eigenvalue weighted by Gasteiger charge is -2.22. The summed E-state index contributed by atoms with van der Waals surface area (Å²) in [7, 11) is 0. The zero-order chi connectivity index (χ0) is 11.6. The minimum atomic E-state index is -0.651. The van der Waals surface area contributed by atoms with Crippen LogP contribution in [-0.2, 0) is 4.79 Å². The number of nitrogens with one attached hydrogen (secondary N) is 1. The van der Waals surface area contributed by atoms with Crippen molar-refractivity contribution in [2.24, 2.45) is 5.73 Å². The predicted molar refractivity (Wildman–Crippen MR) is 65.2 cm³/mol. The van der Waals surface area contributed by atoms with Crippen molar-refractivity contribution in [3.63, 3.8) is 0 Å². The van der Waals surface area contributed by atoms with Gasteiger partial charge in [-0.15, -0.1) is 0 Å². The van der Waals surface area contributed by atoms with E-state index < -0.39 is 5.54 Å². The first-order valence-electron chi connectivity index (χ1n) is 5.78. The molecule has 1 aliphatic rings. The number of hydrogen-bond donors (Lipinski definition) is 2. The van der Waals surface area contributed by atoms with Crippen molar-refractivity contribution in [2.45, 2.75) is 38.1 Å². The number of rotatable bonds is 2. The van der Waals surface area contributed by atoms with Gasteiger partial charge in [-0.3, -0.25) is 4.79 Å². The molecule has 0 saturated heterocycles. The summed E-state index contributed by atoms with van der Waals surface area (Å²) in [5.74, 6) is -0.0423. The summed E-state index contributed by atoms with van der Waals surface area (Å²) >= 11 is 0. The predicted octanol–water partition coefficient (Wildman–Crippen LogP) is 2.21. The van der Waals surface area contributed by atoms with Gasteiger partial charge < -0.3 is 11.1 Å². The van der Waals surface area contributed by atoms with Crippen molar-refractivity contribution in [3.8, 4) is 0 Å². The number of anilines is 1. The maximum atomic E-state index is 12.1. The Kier molecular flexibility index (Phi) is 2.97. The lowest BCUT2D eigenvalue weighted by atomic mass is 9.98. The summed E-state index contributed by atoms with van der Waals surface area (Å²) in [6.07, 6.45) is 3.70. The Morgan fingerprint density at radius 2 is 1.94 bits per heavy atom. The number of benzene rings is 1. The molecule has 3 heteroatoms. The van der Waals surface area contributed by atoms with E-state index in [0.717, 1.165) is 36.9 Å². The van der Waals surface area contributed by atoms with Gasteiger partial charge in [0.15, 0.2) is 0 Å². The van der Waals surface area contributed by atoms with Crippen molar-refractivity contribution >= 4 is 11.6 Å². The first-order valence-corrected chi connectivity index (χ1v) is 5.78. The maximum Gasteiger partial charge on any atom is 0.244 e. The SMILES string of the molecule is Cc1ccccc1NC(=O)C1(N)CCCC1. The summed E-state index contributed by atoms with van der Waals surface area (Å²) < 4.78 is 0. The number of amides is 1. The second-order valence-corrected chi connectivity index (χ2v) is 4.63. The van der Waals surface area contributed by atoms with Crippen LogP contribution in [0.5, 0.6) is 0 Å². The van der Waals surface area contributed by atoms with Gasteiger partial charge >= 0.3 is 0 Å². The Balaban J connectivity index is 2.10. The van der Waals surface area contributed by atoms with Crippen LogP contribution in [0.25, 0.3) is 0 Å². The molecule has 1 amide bonds. The highest BCUT2D eigenvalue weighted by atomic mass is 16.2. The van der Waals surface area contributed by atoms with Crippen molar-refractivity contribution in [1.82, 2.24) is 0 Å². The molecule has 0 bridgehead atoms. The van der Waals surface area contributed by atoms with E-state index in [1.165, 1.54) is 0 Å². The lowest BCUT2D eigenvalue weighted by Crippen LogP contribution is -2.48. The number of hydrogen-bond acceptors (Lipinski definition) is 2. The maximum absolute atomic E-state index is 12.1. The molecule has 0 atom stereocenters. The van der Waals surface area contributed by atoms with Gasteiger partial charge in [0.1, 0.15) is 0 Å². The molecule has 3 N–H and O–H groups in total. The minimum absolute atomic E-state index is 0.0423. The third-order valence-corrected chi connectivity index (χ3v) is 3.34. The van der Waals surface area contributed by atoms with Crippen molar-refractivity contribution in [2.75, 3.05) is 5.32 Å². The minimum Gasteiger partial charge on any atom is -0.324 e. The molecule has 1 fully saturated rings. The molecule has 0 heterocycles. The fraction of sp³-hybridized carbons (Fsp3) is 0.462. The van der Waals surface area contributed by atoms with E-state index in [2.05, 4.69) is 5.32 Å². The molecule has 1 aliphatic carbocycles. The Bertz CT molecular complexity index is 395. The molecule has 0 radical (unpaired) electrons. The molecule has 1 saturated carbocycles. The Morgan fingerprint density at radius 3 is 2.56 bits per heavy atom. The zero-order valence-corrected chi connectivity index (χ0v) is 9.62. The molecule has 0 aliphatic heterocycles. The Hall–Kier alpha value is -1.35. The highest BCUT2D eigenvalue weighted by Crippen LogP contribution is 2.28. The van der Waals surface area contributed by atoms with Crippen molar-refractivity contribution < 1.29 is 4.79 Å². The van der Waals surface area contributed by atoms with Crippen LogP contribution in [0, 0.1) is 6.92 Å². The number of para-hydroxylation sites is 1. The van der Waals surface area contributed by atoms with E-state index in [9.17, 15) is 4.79 Å². The van der Waals surface area contributed by atoms with Crippen LogP contribution in [0.2, 0.25) is 0 Å². The zero-order valence-electron chi connectivity index (χ0n) is 9.62. The van der Waals surface area contributed by atoms with Gasteiger partial charge in [0.05, 0.1) is 5.54 Å². The summed E-state index contributed by atoms with van der Waals surface area (Å²) in [6.45, 7) is 1.98. The average Bonchev–Trinajstić information content (AvgIpc) is 2.70. The van der Waals surface area contributed by atoms with E-state index in [1.807, 2.05) is 31.2 Å². The van der Waals surface area contributed by atoms with Gasteiger partial charge in [0.2, 0.25) is 5.91 Å². The van der Waals surface area contributed by atoms with E-state index in [0.29, 0.717) is 0 Å². The third-order valence-electron chi connectivity index (χ3n) is 3.34. The van der Waals surface area contributed by atoms with Gasteiger partial charge in [0, 0.05) is 5.69 Å². The van der Waals surface area contributed by atoms with Gasteiger partial charge in [-0.05, 0) is 31.4 Å². The topological polar surface area (TPSA) is 55.1 Å². The van der Waals surface area contributed by atoms with Crippen LogP contribution in [0.1, 0.15) is 31.2 Å². The largest absolute Gasteiger partial charge is 0.324 e. The quantitative estimate of drug-likeness (QED) is 0.799. The summed E-state index contributed by atoms with van der Waals surface area (Å²) in [6, 6.07) is 7.76. The molecule has 86 valence electrons. The lowest BCUT2D eigenvalue weighted by molar-refractivity contribution is -0.121. The molecule has 16 heavy (non-hydrogen) atoms. The van der Waals surface area contributed by atoms with E-state index in [4.69, 9.17) is 5.73 Å². The molecule has 0 spiro atoms. The van der Waals surface area contributed by atoms with Crippen LogP contribution in [0.15, 0.2) is 24.3 Å². The van der Waals surface area contributed by atoms with Crippen LogP contribution in [0.3, 0.4) is 0 Å². The second-order valence-electron chi connectivity index (χ2n) is 4.63. The Morgan fingerprint density at radius 1 is 1.31 bits per heavy atom. The molecule has 0 aromatic heterocycles. The molecule has 3 nitrogen and oxygen atoms in total. The fourth-order valence-electron chi connectivity index (χ4n) is 2.19. The molecular formula is C13H18N2O. The van der Waals surface area contributed by atoms with E-state index in [-0.39, 0.29) is 5.91 Å². The molecule has 0 unspecified atom stereocenters. The summed E-state index contributed by atoms with van der Waals surface area (Å²) in [5, 5.41) is 2.93. The van der Waals surface area contributed by atoms with Gasteiger partial charge in [0.25, 0.3) is 0 Å². The molecule has 1 aromatic carbocycles. The van der Waals surface area contributed by atoms with Crippen LogP contribution >= 0.6 is 0 Å². The number of nitrogens with two attached hydrogens (primary N) is 1. The first-order chi connectivity index (χ1) is 7.62.